The molecular weight excluding hydrogens is 225 g/mol. The summed E-state index contributed by atoms with van der Waals surface area (Å²) < 4.78 is 13.3. The summed E-state index contributed by atoms with van der Waals surface area (Å²) in [6, 6.07) is 8.41. The van der Waals surface area contributed by atoms with Gasteiger partial charge in [0.2, 0.25) is 0 Å². The molecule has 0 unspecified atom stereocenters. The Balaban J connectivity index is 2.20. The summed E-state index contributed by atoms with van der Waals surface area (Å²) in [5, 5.41) is 19.3. The smallest absolute Gasteiger partial charge is 0.316 e. The Labute approximate surface area is 96.8 Å². The summed E-state index contributed by atoms with van der Waals surface area (Å²) in [6.07, 6.45) is 0.798. The largest absolute Gasteiger partial charge is 0.479 e. The Hall–Kier alpha value is -2.21. The molecule has 0 aliphatic carbocycles. The average molecular weight is 235 g/mol. The summed E-state index contributed by atoms with van der Waals surface area (Å²) in [7, 11) is 0. The molecule has 0 spiro atoms. The van der Waals surface area contributed by atoms with Crippen LogP contribution in [0, 0.1) is 5.82 Å². The van der Waals surface area contributed by atoms with Crippen molar-refractivity contribution in [2.24, 2.45) is 0 Å². The van der Waals surface area contributed by atoms with Gasteiger partial charge in [-0.2, -0.15) is 4.98 Å². The zero-order valence-electron chi connectivity index (χ0n) is 8.79. The normalized spacial score (nSPS) is 10.2. The van der Waals surface area contributed by atoms with Gasteiger partial charge in [-0.15, -0.1) is 0 Å². The van der Waals surface area contributed by atoms with Crippen LogP contribution >= 0.6 is 0 Å². The minimum atomic E-state index is -0.804. The van der Waals surface area contributed by atoms with Crippen LogP contribution < -0.4 is 5.06 Å². The molecule has 17 heavy (non-hydrogen) atoms. The zero-order chi connectivity index (χ0) is 12.3. The molecule has 0 saturated heterocycles. The lowest BCUT2D eigenvalue weighted by atomic mass is 10.2. The summed E-state index contributed by atoms with van der Waals surface area (Å²) in [5.74, 6) is -1.16. The van der Waals surface area contributed by atoms with E-state index < -0.39 is 11.8 Å². The number of hydrogen-bond donors (Lipinski definition) is 2. The maximum atomic E-state index is 13.3. The van der Waals surface area contributed by atoms with Crippen molar-refractivity contribution in [2.45, 2.75) is 6.54 Å². The molecule has 1 heterocycles. The molecule has 0 saturated carbocycles. The van der Waals surface area contributed by atoms with Crippen LogP contribution in [0.5, 0.6) is 6.01 Å². The molecule has 0 aliphatic rings. The van der Waals surface area contributed by atoms with Gasteiger partial charge in [0.05, 0.1) is 12.7 Å². The van der Waals surface area contributed by atoms with E-state index in [0.29, 0.717) is 5.06 Å². The third-order valence-electron chi connectivity index (χ3n) is 2.13. The molecule has 5 nitrogen and oxygen atoms in total. The molecule has 1 aromatic carbocycles. The number of hydrogen-bond acceptors (Lipinski definition) is 5. The summed E-state index contributed by atoms with van der Waals surface area (Å²) in [4.78, 5) is 6.67. The van der Waals surface area contributed by atoms with Crippen molar-refractivity contribution in [3.8, 4) is 6.01 Å². The minimum absolute atomic E-state index is 0.0637. The maximum Gasteiger partial charge on any atom is 0.316 e. The molecule has 2 rings (SSSR count). The van der Waals surface area contributed by atoms with Crippen molar-refractivity contribution in [3.05, 3.63) is 47.9 Å². The molecule has 0 fully saturated rings. The van der Waals surface area contributed by atoms with Crippen molar-refractivity contribution < 1.29 is 14.7 Å². The Morgan fingerprint density at radius 2 is 1.94 bits per heavy atom. The van der Waals surface area contributed by atoms with Gasteiger partial charge in [0.25, 0.3) is 0 Å². The Morgan fingerprint density at radius 1 is 1.24 bits per heavy atom. The predicted molar refractivity (Wildman–Crippen MR) is 58.1 cm³/mol. The SMILES string of the molecule is Oc1ncc(F)c(N(O)Cc2ccccc2)n1. The van der Waals surface area contributed by atoms with Crippen molar-refractivity contribution >= 4 is 5.82 Å². The monoisotopic (exact) mass is 235 g/mol. The first kappa shape index (κ1) is 11.3. The highest BCUT2D eigenvalue weighted by atomic mass is 19.1. The van der Waals surface area contributed by atoms with Gasteiger partial charge in [-0.25, -0.2) is 14.4 Å². The first-order valence-electron chi connectivity index (χ1n) is 4.88. The van der Waals surface area contributed by atoms with E-state index in [9.17, 15) is 9.60 Å². The standard InChI is InChI=1S/C11H10FN3O2/c12-9-6-13-11(16)14-10(9)15(17)7-8-4-2-1-3-5-8/h1-6,17H,7H2,(H,13,14,16). The fraction of sp³-hybridized carbons (Fsp3) is 0.0909. The number of aromatic nitrogens is 2. The average Bonchev–Trinajstić information content (AvgIpc) is 2.33. The van der Waals surface area contributed by atoms with Gasteiger partial charge in [-0.05, 0) is 5.56 Å². The quantitative estimate of drug-likeness (QED) is 0.793. The summed E-state index contributed by atoms with van der Waals surface area (Å²) >= 11 is 0. The van der Waals surface area contributed by atoms with Crippen LogP contribution in [-0.2, 0) is 6.54 Å². The van der Waals surface area contributed by atoms with E-state index in [1.54, 1.807) is 24.3 Å². The lowest BCUT2D eigenvalue weighted by Crippen LogP contribution is -2.20. The lowest BCUT2D eigenvalue weighted by molar-refractivity contribution is 0.240. The van der Waals surface area contributed by atoms with E-state index in [1.807, 2.05) is 6.07 Å². The van der Waals surface area contributed by atoms with Crippen LogP contribution in [0.1, 0.15) is 5.56 Å². The number of rotatable bonds is 3. The Morgan fingerprint density at radius 3 is 2.65 bits per heavy atom. The molecule has 0 radical (unpaired) electrons. The summed E-state index contributed by atoms with van der Waals surface area (Å²) in [6.45, 7) is 0.0637. The van der Waals surface area contributed by atoms with E-state index in [1.165, 1.54) is 0 Å². The molecule has 0 atom stereocenters. The van der Waals surface area contributed by atoms with Crippen molar-refractivity contribution in [3.63, 3.8) is 0 Å². The van der Waals surface area contributed by atoms with Crippen molar-refractivity contribution in [1.82, 2.24) is 9.97 Å². The first-order valence-corrected chi connectivity index (χ1v) is 4.88. The third-order valence-corrected chi connectivity index (χ3v) is 2.13. The second kappa shape index (κ2) is 4.75. The number of halogens is 1. The van der Waals surface area contributed by atoms with Crippen LogP contribution in [0.15, 0.2) is 36.5 Å². The van der Waals surface area contributed by atoms with E-state index in [4.69, 9.17) is 5.11 Å². The molecule has 2 N–H and O–H groups in total. The maximum absolute atomic E-state index is 13.3. The highest BCUT2D eigenvalue weighted by Gasteiger charge is 2.13. The van der Waals surface area contributed by atoms with Crippen molar-refractivity contribution in [1.29, 1.82) is 0 Å². The predicted octanol–water partition coefficient (Wildman–Crippen LogP) is 1.72. The van der Waals surface area contributed by atoms with E-state index in [0.717, 1.165) is 11.8 Å². The van der Waals surface area contributed by atoms with Gasteiger partial charge < -0.3 is 5.11 Å². The topological polar surface area (TPSA) is 69.5 Å². The van der Waals surface area contributed by atoms with E-state index in [-0.39, 0.29) is 12.4 Å². The molecule has 0 bridgehead atoms. The molecule has 2 aromatic rings. The molecule has 0 aliphatic heterocycles. The highest BCUT2D eigenvalue weighted by Crippen LogP contribution is 2.18. The lowest BCUT2D eigenvalue weighted by Gasteiger charge is -2.16. The zero-order valence-corrected chi connectivity index (χ0v) is 8.79. The van der Waals surface area contributed by atoms with Gasteiger partial charge in [0.1, 0.15) is 0 Å². The van der Waals surface area contributed by atoms with E-state index in [2.05, 4.69) is 9.97 Å². The van der Waals surface area contributed by atoms with Crippen LogP contribution in [-0.4, -0.2) is 20.3 Å². The van der Waals surface area contributed by atoms with Gasteiger partial charge >= 0.3 is 6.01 Å². The Bertz CT molecular complexity index is 507. The Kier molecular flexibility index (Phi) is 3.15. The molecule has 6 heteroatoms. The second-order valence-corrected chi connectivity index (χ2v) is 3.38. The highest BCUT2D eigenvalue weighted by molar-refractivity contribution is 5.37. The van der Waals surface area contributed by atoms with Gasteiger partial charge in [-0.3, -0.25) is 5.21 Å². The number of anilines is 1. The van der Waals surface area contributed by atoms with Gasteiger partial charge in [-0.1, -0.05) is 30.3 Å². The molecule has 0 amide bonds. The molecular formula is C11H10FN3O2. The van der Waals surface area contributed by atoms with Gasteiger partial charge in [0.15, 0.2) is 11.6 Å². The van der Waals surface area contributed by atoms with Gasteiger partial charge in [0, 0.05) is 0 Å². The van der Waals surface area contributed by atoms with Crippen molar-refractivity contribution in [2.75, 3.05) is 5.06 Å². The number of hydroxylamine groups is 1. The summed E-state index contributed by atoms with van der Waals surface area (Å²) in [5.41, 5.74) is 0.785. The van der Waals surface area contributed by atoms with Crippen LogP contribution in [0.2, 0.25) is 0 Å². The van der Waals surface area contributed by atoms with Crippen LogP contribution in [0.25, 0.3) is 0 Å². The fourth-order valence-corrected chi connectivity index (χ4v) is 1.36. The number of nitrogens with zero attached hydrogens (tertiary/aromatic N) is 3. The number of aromatic hydroxyl groups is 1. The first-order chi connectivity index (χ1) is 8.16. The van der Waals surface area contributed by atoms with Crippen LogP contribution in [0.3, 0.4) is 0 Å². The minimum Gasteiger partial charge on any atom is -0.479 e. The third kappa shape index (κ3) is 2.67. The number of benzene rings is 1. The molecule has 88 valence electrons. The van der Waals surface area contributed by atoms with Crippen LogP contribution in [0.4, 0.5) is 10.2 Å². The molecule has 1 aromatic heterocycles. The second-order valence-electron chi connectivity index (χ2n) is 3.38. The fourth-order valence-electron chi connectivity index (χ4n) is 1.36. The van der Waals surface area contributed by atoms with E-state index >= 15 is 0 Å².